The maximum atomic E-state index is 13.6. The molecule has 2 aromatic heterocycles. The fraction of sp³-hybridized carbons (Fsp3) is 0.550. The Hall–Kier alpha value is -2.42. The van der Waals surface area contributed by atoms with Crippen molar-refractivity contribution in [3.63, 3.8) is 0 Å². The van der Waals surface area contributed by atoms with Gasteiger partial charge in [-0.2, -0.15) is 9.37 Å². The Balaban J connectivity index is 1.89. The van der Waals surface area contributed by atoms with Crippen LogP contribution in [0.4, 0.5) is 24.9 Å². The van der Waals surface area contributed by atoms with Crippen molar-refractivity contribution in [3.05, 3.63) is 30.3 Å². The van der Waals surface area contributed by atoms with E-state index in [1.54, 1.807) is 12.1 Å². The van der Waals surface area contributed by atoms with E-state index in [1.807, 2.05) is 6.92 Å². The number of hydrogen-bond donors (Lipinski definition) is 3. The average molecular weight is 409 g/mol. The van der Waals surface area contributed by atoms with Crippen LogP contribution in [0.15, 0.2) is 24.4 Å². The highest BCUT2D eigenvalue weighted by Gasteiger charge is 2.31. The highest BCUT2D eigenvalue weighted by atomic mass is 19.2. The normalized spacial score (nSPS) is 24.0. The third-order valence-electron chi connectivity index (χ3n) is 5.21. The summed E-state index contributed by atoms with van der Waals surface area (Å²) in [4.78, 5) is 12.5. The number of pyridine rings is 1. The van der Waals surface area contributed by atoms with Crippen LogP contribution in [-0.2, 0) is 0 Å². The van der Waals surface area contributed by atoms with E-state index in [0.717, 1.165) is 19.8 Å². The molecular weight excluding hydrogens is 383 g/mol. The van der Waals surface area contributed by atoms with Gasteiger partial charge in [-0.05, 0) is 51.7 Å². The molecule has 9 heteroatoms. The van der Waals surface area contributed by atoms with Gasteiger partial charge >= 0.3 is 0 Å². The van der Waals surface area contributed by atoms with E-state index >= 15 is 0 Å². The fourth-order valence-electron chi connectivity index (χ4n) is 3.31. The Bertz CT molecular complexity index is 828. The number of nitrogens with zero attached hydrogens (tertiary/aromatic N) is 3. The quantitative estimate of drug-likeness (QED) is 0.602. The molecule has 0 amide bonds. The second kappa shape index (κ2) is 8.94. The highest BCUT2D eigenvalue weighted by molar-refractivity contribution is 5.73. The van der Waals surface area contributed by atoms with Crippen LogP contribution >= 0.6 is 0 Å². The van der Waals surface area contributed by atoms with Crippen molar-refractivity contribution in [2.45, 2.75) is 63.5 Å². The van der Waals surface area contributed by atoms with Crippen LogP contribution in [0.5, 0.6) is 0 Å². The molecule has 0 bridgehead atoms. The van der Waals surface area contributed by atoms with Gasteiger partial charge in [0.15, 0.2) is 0 Å². The minimum absolute atomic E-state index is 0.135. The first-order valence-electron chi connectivity index (χ1n) is 9.74. The van der Waals surface area contributed by atoms with Crippen LogP contribution in [0.2, 0.25) is 0 Å². The Labute approximate surface area is 168 Å². The SMILES string of the molecule is C[C@H](F)[C@H](F)CNc1ncc(-c2cccc(F)n2)c(NC2(C)CCC(O)CC2)n1. The maximum absolute atomic E-state index is 13.6. The van der Waals surface area contributed by atoms with E-state index in [0.29, 0.717) is 29.9 Å². The molecule has 6 nitrogen and oxygen atoms in total. The van der Waals surface area contributed by atoms with Crippen molar-refractivity contribution in [1.82, 2.24) is 15.0 Å². The lowest BCUT2D eigenvalue weighted by molar-refractivity contribution is 0.108. The molecule has 2 heterocycles. The maximum Gasteiger partial charge on any atom is 0.224 e. The fourth-order valence-corrected chi connectivity index (χ4v) is 3.31. The monoisotopic (exact) mass is 409 g/mol. The van der Waals surface area contributed by atoms with Crippen molar-refractivity contribution >= 4 is 11.8 Å². The molecule has 1 aliphatic carbocycles. The molecule has 0 saturated heterocycles. The molecule has 0 unspecified atom stereocenters. The number of anilines is 2. The zero-order chi connectivity index (χ0) is 21.0. The average Bonchev–Trinajstić information content (AvgIpc) is 2.68. The lowest BCUT2D eigenvalue weighted by Crippen LogP contribution is -2.40. The summed E-state index contributed by atoms with van der Waals surface area (Å²) in [6, 6.07) is 4.44. The highest BCUT2D eigenvalue weighted by Crippen LogP contribution is 2.34. The van der Waals surface area contributed by atoms with Crippen LogP contribution in [0.1, 0.15) is 39.5 Å². The summed E-state index contributed by atoms with van der Waals surface area (Å²) in [6.45, 7) is 2.91. The molecule has 2 aromatic rings. The van der Waals surface area contributed by atoms with E-state index in [4.69, 9.17) is 0 Å². The number of alkyl halides is 2. The molecule has 1 saturated carbocycles. The number of hydrogen-bond acceptors (Lipinski definition) is 6. The summed E-state index contributed by atoms with van der Waals surface area (Å²) in [5.41, 5.74) is 0.528. The lowest BCUT2D eigenvalue weighted by atomic mass is 9.82. The molecule has 3 rings (SSSR count). The van der Waals surface area contributed by atoms with Gasteiger partial charge in [-0.15, -0.1) is 0 Å². The Morgan fingerprint density at radius 3 is 2.62 bits per heavy atom. The Kier molecular flexibility index (Phi) is 6.56. The summed E-state index contributed by atoms with van der Waals surface area (Å²) in [5.74, 6) is -0.0709. The zero-order valence-corrected chi connectivity index (χ0v) is 16.5. The van der Waals surface area contributed by atoms with Gasteiger partial charge < -0.3 is 15.7 Å². The summed E-state index contributed by atoms with van der Waals surface area (Å²) < 4.78 is 40.3. The molecule has 158 valence electrons. The number of nitrogens with one attached hydrogen (secondary N) is 2. The predicted molar refractivity (Wildman–Crippen MR) is 106 cm³/mol. The molecule has 29 heavy (non-hydrogen) atoms. The van der Waals surface area contributed by atoms with Crippen molar-refractivity contribution in [2.24, 2.45) is 0 Å². The molecule has 1 fully saturated rings. The smallest absolute Gasteiger partial charge is 0.224 e. The van der Waals surface area contributed by atoms with Crippen LogP contribution in [0, 0.1) is 5.95 Å². The summed E-state index contributed by atoms with van der Waals surface area (Å²) in [7, 11) is 0. The van der Waals surface area contributed by atoms with Gasteiger partial charge in [-0.25, -0.2) is 18.7 Å². The second-order valence-corrected chi connectivity index (χ2v) is 7.79. The van der Waals surface area contributed by atoms with Gasteiger partial charge in [0.25, 0.3) is 0 Å². The van der Waals surface area contributed by atoms with Crippen molar-refractivity contribution in [2.75, 3.05) is 17.2 Å². The van der Waals surface area contributed by atoms with Crippen LogP contribution in [0.25, 0.3) is 11.3 Å². The van der Waals surface area contributed by atoms with Gasteiger partial charge in [-0.3, -0.25) is 0 Å². The molecule has 0 aliphatic heterocycles. The van der Waals surface area contributed by atoms with Crippen LogP contribution in [-0.4, -0.2) is 50.6 Å². The second-order valence-electron chi connectivity index (χ2n) is 7.79. The largest absolute Gasteiger partial charge is 0.393 e. The topological polar surface area (TPSA) is 83.0 Å². The predicted octanol–water partition coefficient (Wildman–Crippen LogP) is 3.89. The van der Waals surface area contributed by atoms with Gasteiger partial charge in [0, 0.05) is 11.7 Å². The minimum atomic E-state index is -1.68. The van der Waals surface area contributed by atoms with E-state index in [2.05, 4.69) is 25.6 Å². The van der Waals surface area contributed by atoms with Crippen LogP contribution < -0.4 is 10.6 Å². The molecule has 1 aliphatic rings. The van der Waals surface area contributed by atoms with Crippen molar-refractivity contribution < 1.29 is 18.3 Å². The summed E-state index contributed by atoms with van der Waals surface area (Å²) >= 11 is 0. The first-order chi connectivity index (χ1) is 13.8. The van der Waals surface area contributed by atoms with Crippen molar-refractivity contribution in [3.8, 4) is 11.3 Å². The number of halogens is 3. The lowest BCUT2D eigenvalue weighted by Gasteiger charge is -2.37. The molecule has 0 spiro atoms. The molecule has 0 radical (unpaired) electrons. The molecule has 0 aromatic carbocycles. The standard InChI is InChI=1S/C20H26F3N5O/c1-12(21)15(22)11-25-19-24-10-14(16-4-3-5-17(23)26-16)18(27-19)28-20(2)8-6-13(29)7-9-20/h3-5,10,12-13,15,29H,6-9,11H2,1-2H3,(H2,24,25,27,28)/t12-,13?,15+,20?/m0/s1. The van der Waals surface area contributed by atoms with Gasteiger partial charge in [0.1, 0.15) is 18.2 Å². The number of aliphatic hydroxyl groups excluding tert-OH is 1. The first kappa shape index (κ1) is 21.3. The van der Waals surface area contributed by atoms with Gasteiger partial charge in [0.05, 0.1) is 23.9 Å². The minimum Gasteiger partial charge on any atom is -0.393 e. The number of aromatic nitrogens is 3. The van der Waals surface area contributed by atoms with E-state index in [1.165, 1.54) is 12.3 Å². The molecular formula is C20H26F3N5O. The van der Waals surface area contributed by atoms with Gasteiger partial charge in [0.2, 0.25) is 11.9 Å². The van der Waals surface area contributed by atoms with E-state index in [9.17, 15) is 18.3 Å². The molecule has 2 atom stereocenters. The van der Waals surface area contributed by atoms with E-state index in [-0.39, 0.29) is 24.1 Å². The van der Waals surface area contributed by atoms with Crippen LogP contribution in [0.3, 0.4) is 0 Å². The third-order valence-corrected chi connectivity index (χ3v) is 5.21. The Morgan fingerprint density at radius 1 is 1.24 bits per heavy atom. The zero-order valence-electron chi connectivity index (χ0n) is 16.5. The van der Waals surface area contributed by atoms with Gasteiger partial charge in [-0.1, -0.05) is 6.07 Å². The summed E-state index contributed by atoms with van der Waals surface area (Å²) in [5, 5.41) is 15.9. The van der Waals surface area contributed by atoms with Crippen molar-refractivity contribution in [1.29, 1.82) is 0 Å². The Morgan fingerprint density at radius 2 is 1.97 bits per heavy atom. The first-order valence-corrected chi connectivity index (χ1v) is 9.74. The third kappa shape index (κ3) is 5.56. The summed E-state index contributed by atoms with van der Waals surface area (Å²) in [6.07, 6.45) is 0.635. The number of aliphatic hydroxyl groups is 1. The van der Waals surface area contributed by atoms with E-state index < -0.39 is 18.3 Å². The molecule has 3 N–H and O–H groups in total. The number of rotatable bonds is 7.